The number of amides is 1. The van der Waals surface area contributed by atoms with Gasteiger partial charge in [-0.15, -0.1) is 0 Å². The van der Waals surface area contributed by atoms with Gasteiger partial charge in [0.2, 0.25) is 15.9 Å². The van der Waals surface area contributed by atoms with Crippen molar-refractivity contribution in [2.45, 2.75) is 62.7 Å². The highest BCUT2D eigenvalue weighted by atomic mass is 32.2. The lowest BCUT2D eigenvalue weighted by molar-refractivity contribution is -0.136. The van der Waals surface area contributed by atoms with E-state index in [9.17, 15) is 13.2 Å². The maximum Gasteiger partial charge on any atom is 0.225 e. The summed E-state index contributed by atoms with van der Waals surface area (Å²) in [6.45, 7) is 2.07. The number of hydrogen-bond donors (Lipinski definition) is 1. The van der Waals surface area contributed by atoms with Crippen LogP contribution in [0.4, 0.5) is 0 Å². The normalized spacial score (nSPS) is 31.4. The number of carbonyl (C=O) groups excluding carboxylic acids is 1. The Morgan fingerprint density at radius 2 is 1.61 bits per heavy atom. The molecular weight excluding hydrogens is 314 g/mol. The Bertz CT molecular complexity index is 531. The van der Waals surface area contributed by atoms with Crippen LogP contribution in [-0.4, -0.2) is 61.0 Å². The highest BCUT2D eigenvalue weighted by molar-refractivity contribution is 7.89. The van der Waals surface area contributed by atoms with Gasteiger partial charge in [0.25, 0.3) is 0 Å². The van der Waals surface area contributed by atoms with Gasteiger partial charge in [0.1, 0.15) is 0 Å². The Balaban J connectivity index is 1.66. The first-order valence-corrected chi connectivity index (χ1v) is 10.5. The van der Waals surface area contributed by atoms with Crippen LogP contribution < -0.4 is 5.73 Å². The number of sulfonamides is 1. The molecule has 0 aromatic rings. The third kappa shape index (κ3) is 3.72. The Morgan fingerprint density at radius 3 is 2.30 bits per heavy atom. The van der Waals surface area contributed by atoms with E-state index in [1.807, 2.05) is 4.90 Å². The van der Waals surface area contributed by atoms with Crippen molar-refractivity contribution in [3.05, 3.63) is 0 Å². The molecule has 23 heavy (non-hydrogen) atoms. The molecule has 1 saturated carbocycles. The van der Waals surface area contributed by atoms with Gasteiger partial charge in [0.05, 0.1) is 5.25 Å². The number of nitrogens with zero attached hydrogens (tertiary/aromatic N) is 2. The average Bonchev–Trinajstić information content (AvgIpc) is 3.09. The fourth-order valence-electron chi connectivity index (χ4n) is 4.23. The number of piperidine rings is 2. The number of rotatable bonds is 3. The van der Waals surface area contributed by atoms with Gasteiger partial charge in [0.15, 0.2) is 0 Å². The van der Waals surface area contributed by atoms with Crippen molar-refractivity contribution in [1.29, 1.82) is 0 Å². The molecule has 132 valence electrons. The summed E-state index contributed by atoms with van der Waals surface area (Å²) in [6.07, 6.45) is 7.34. The van der Waals surface area contributed by atoms with Crippen LogP contribution in [0.5, 0.6) is 0 Å². The highest BCUT2D eigenvalue weighted by Gasteiger charge is 2.39. The fraction of sp³-hybridized carbons (Fsp3) is 0.938. The van der Waals surface area contributed by atoms with Crippen molar-refractivity contribution in [3.63, 3.8) is 0 Å². The summed E-state index contributed by atoms with van der Waals surface area (Å²) >= 11 is 0. The predicted molar refractivity (Wildman–Crippen MR) is 89.3 cm³/mol. The summed E-state index contributed by atoms with van der Waals surface area (Å²) < 4.78 is 27.4. The smallest absolute Gasteiger partial charge is 0.225 e. The van der Waals surface area contributed by atoms with Crippen molar-refractivity contribution in [2.24, 2.45) is 11.7 Å². The van der Waals surface area contributed by atoms with Gasteiger partial charge >= 0.3 is 0 Å². The summed E-state index contributed by atoms with van der Waals surface area (Å²) in [7, 11) is -3.35. The van der Waals surface area contributed by atoms with Crippen LogP contribution in [0.1, 0.15) is 51.4 Å². The van der Waals surface area contributed by atoms with Gasteiger partial charge in [-0.1, -0.05) is 12.8 Å². The van der Waals surface area contributed by atoms with E-state index in [1.54, 1.807) is 4.31 Å². The average molecular weight is 343 g/mol. The number of likely N-dealkylation sites (tertiary alicyclic amines) is 1. The summed E-state index contributed by atoms with van der Waals surface area (Å²) in [4.78, 5) is 14.4. The third-order valence-electron chi connectivity index (χ3n) is 5.60. The molecule has 7 heteroatoms. The van der Waals surface area contributed by atoms with Gasteiger partial charge in [-0.05, 0) is 38.5 Å². The first-order valence-electron chi connectivity index (χ1n) is 9.02. The second-order valence-corrected chi connectivity index (χ2v) is 9.55. The van der Waals surface area contributed by atoms with E-state index in [2.05, 4.69) is 0 Å². The molecular formula is C16H29N3O3S. The SMILES string of the molecule is N[C@@H]1CCCN(S(=O)(=O)C2CCCN(C(=O)C3CCCC3)C2)C1. The summed E-state index contributed by atoms with van der Waals surface area (Å²) in [6, 6.07) is -0.0571. The topological polar surface area (TPSA) is 83.7 Å². The largest absolute Gasteiger partial charge is 0.341 e. The molecule has 0 spiro atoms. The van der Waals surface area contributed by atoms with Crippen molar-refractivity contribution < 1.29 is 13.2 Å². The molecule has 0 aromatic heterocycles. The molecule has 2 aliphatic heterocycles. The molecule has 2 saturated heterocycles. The molecule has 1 aliphatic carbocycles. The van der Waals surface area contributed by atoms with E-state index in [1.165, 1.54) is 0 Å². The second kappa shape index (κ2) is 7.07. The number of carbonyl (C=O) groups is 1. The van der Waals surface area contributed by atoms with Gasteiger partial charge in [-0.2, -0.15) is 0 Å². The van der Waals surface area contributed by atoms with Gasteiger partial charge < -0.3 is 10.6 Å². The zero-order chi connectivity index (χ0) is 16.4. The minimum atomic E-state index is -3.35. The molecule has 3 fully saturated rings. The van der Waals surface area contributed by atoms with Crippen LogP contribution in [0.2, 0.25) is 0 Å². The monoisotopic (exact) mass is 343 g/mol. The third-order valence-corrected chi connectivity index (χ3v) is 7.87. The van der Waals surface area contributed by atoms with Crippen LogP contribution in [0, 0.1) is 5.92 Å². The maximum absolute atomic E-state index is 12.9. The molecule has 3 aliphatic rings. The van der Waals surface area contributed by atoms with E-state index >= 15 is 0 Å². The van der Waals surface area contributed by atoms with Crippen LogP contribution in [0.15, 0.2) is 0 Å². The standard InChI is InChI=1S/C16H29N3O3S/c17-14-7-3-10-19(11-14)23(21,22)15-8-4-9-18(12-15)16(20)13-5-1-2-6-13/h13-15H,1-12,17H2/t14-,15?/m1/s1. The predicted octanol–water partition coefficient (Wildman–Crippen LogP) is 0.920. The summed E-state index contributed by atoms with van der Waals surface area (Å²) in [5, 5.41) is -0.452. The first-order chi connectivity index (χ1) is 11.0. The highest BCUT2D eigenvalue weighted by Crippen LogP contribution is 2.29. The molecule has 3 rings (SSSR count). The van der Waals surface area contributed by atoms with Crippen LogP contribution in [0.3, 0.4) is 0 Å². The van der Waals surface area contributed by atoms with Crippen LogP contribution in [-0.2, 0) is 14.8 Å². The van der Waals surface area contributed by atoms with Crippen molar-refractivity contribution in [2.75, 3.05) is 26.2 Å². The Labute approximate surface area is 139 Å². The fourth-order valence-corrected chi connectivity index (χ4v) is 6.27. The zero-order valence-corrected chi connectivity index (χ0v) is 14.6. The van der Waals surface area contributed by atoms with E-state index in [0.717, 1.165) is 44.9 Å². The molecule has 2 heterocycles. The minimum absolute atomic E-state index is 0.0571. The van der Waals surface area contributed by atoms with Crippen molar-refractivity contribution in [3.8, 4) is 0 Å². The minimum Gasteiger partial charge on any atom is -0.341 e. The van der Waals surface area contributed by atoms with Crippen LogP contribution >= 0.6 is 0 Å². The quantitative estimate of drug-likeness (QED) is 0.826. The Kier molecular flexibility index (Phi) is 5.28. The molecule has 2 N–H and O–H groups in total. The molecule has 0 radical (unpaired) electrons. The molecule has 1 unspecified atom stereocenters. The van der Waals surface area contributed by atoms with Gasteiger partial charge in [-0.3, -0.25) is 4.79 Å². The van der Waals surface area contributed by atoms with Gasteiger partial charge in [-0.25, -0.2) is 12.7 Å². The van der Waals surface area contributed by atoms with E-state index in [0.29, 0.717) is 32.6 Å². The lowest BCUT2D eigenvalue weighted by atomic mass is 10.0. The van der Waals surface area contributed by atoms with Gasteiger partial charge in [0, 0.05) is 38.1 Å². The summed E-state index contributed by atoms with van der Waals surface area (Å²) in [5.74, 6) is 0.303. The zero-order valence-electron chi connectivity index (χ0n) is 13.8. The molecule has 2 atom stereocenters. The van der Waals surface area contributed by atoms with E-state index in [4.69, 9.17) is 5.73 Å². The molecule has 0 aromatic carbocycles. The van der Waals surface area contributed by atoms with Crippen molar-refractivity contribution >= 4 is 15.9 Å². The van der Waals surface area contributed by atoms with E-state index in [-0.39, 0.29) is 17.9 Å². The second-order valence-electron chi connectivity index (χ2n) is 7.34. The number of hydrogen-bond acceptors (Lipinski definition) is 4. The molecule has 6 nitrogen and oxygen atoms in total. The first kappa shape index (κ1) is 17.2. The lowest BCUT2D eigenvalue weighted by Crippen LogP contribution is -2.53. The Hall–Kier alpha value is -0.660. The molecule has 0 bridgehead atoms. The Morgan fingerprint density at radius 1 is 0.913 bits per heavy atom. The van der Waals surface area contributed by atoms with Crippen molar-refractivity contribution in [1.82, 2.24) is 9.21 Å². The van der Waals surface area contributed by atoms with Crippen LogP contribution in [0.25, 0.3) is 0 Å². The number of nitrogens with two attached hydrogens (primary N) is 1. The van der Waals surface area contributed by atoms with E-state index < -0.39 is 15.3 Å². The summed E-state index contributed by atoms with van der Waals surface area (Å²) in [5.41, 5.74) is 5.94. The maximum atomic E-state index is 12.9. The lowest BCUT2D eigenvalue weighted by Gasteiger charge is -2.38. The molecule has 1 amide bonds.